The lowest BCUT2D eigenvalue weighted by Crippen LogP contribution is -2.14. The van der Waals surface area contributed by atoms with E-state index in [-0.39, 0.29) is 23.5 Å². The normalized spacial score (nSPS) is 13.6. The molecule has 1 saturated carbocycles. The Kier molecular flexibility index (Phi) is 3.97. The number of halogens is 1. The number of fused-ring (bicyclic) bond motifs is 1. The fraction of sp³-hybridized carbons (Fsp3) is 0.158. The average molecular weight is 354 g/mol. The number of thiophene rings is 1. The second kappa shape index (κ2) is 6.29. The van der Waals surface area contributed by atoms with Gasteiger partial charge in [-0.1, -0.05) is 12.1 Å². The maximum absolute atomic E-state index is 13.8. The maximum atomic E-state index is 13.8. The van der Waals surface area contributed by atoms with Crippen LogP contribution in [0.1, 0.15) is 22.5 Å². The van der Waals surface area contributed by atoms with E-state index in [9.17, 15) is 14.0 Å². The van der Waals surface area contributed by atoms with Crippen molar-refractivity contribution in [2.75, 3.05) is 10.6 Å². The number of benzene rings is 2. The van der Waals surface area contributed by atoms with Gasteiger partial charge in [-0.15, -0.1) is 11.3 Å². The van der Waals surface area contributed by atoms with Crippen LogP contribution in [0.4, 0.5) is 15.8 Å². The topological polar surface area (TPSA) is 58.2 Å². The summed E-state index contributed by atoms with van der Waals surface area (Å²) < 4.78 is 14.5. The van der Waals surface area contributed by atoms with Crippen molar-refractivity contribution >= 4 is 44.6 Å². The minimum atomic E-state index is -0.336. The van der Waals surface area contributed by atoms with E-state index >= 15 is 0 Å². The molecule has 3 aromatic rings. The third kappa shape index (κ3) is 3.39. The van der Waals surface area contributed by atoms with Crippen LogP contribution in [0.3, 0.4) is 0 Å². The van der Waals surface area contributed by atoms with Gasteiger partial charge in [0.2, 0.25) is 5.91 Å². The number of nitrogens with one attached hydrogen (secondary N) is 2. The number of amides is 2. The zero-order valence-corrected chi connectivity index (χ0v) is 14.0. The van der Waals surface area contributed by atoms with Crippen LogP contribution in [0.5, 0.6) is 0 Å². The molecule has 1 aliphatic rings. The largest absolute Gasteiger partial charge is 0.326 e. The molecule has 0 saturated heterocycles. The maximum Gasteiger partial charge on any atom is 0.265 e. The molecule has 1 aromatic heterocycles. The predicted molar refractivity (Wildman–Crippen MR) is 97.5 cm³/mol. The van der Waals surface area contributed by atoms with Crippen molar-refractivity contribution in [3.05, 3.63) is 59.2 Å². The van der Waals surface area contributed by atoms with Gasteiger partial charge in [-0.3, -0.25) is 9.59 Å². The molecule has 126 valence electrons. The van der Waals surface area contributed by atoms with Crippen molar-refractivity contribution in [2.45, 2.75) is 12.8 Å². The van der Waals surface area contributed by atoms with Gasteiger partial charge in [0.1, 0.15) is 5.82 Å². The molecule has 25 heavy (non-hydrogen) atoms. The fourth-order valence-corrected chi connectivity index (χ4v) is 3.56. The molecule has 0 bridgehead atoms. The van der Waals surface area contributed by atoms with Crippen LogP contribution in [-0.2, 0) is 4.79 Å². The lowest BCUT2D eigenvalue weighted by molar-refractivity contribution is -0.117. The molecule has 0 radical (unpaired) electrons. The second-order valence-corrected chi connectivity index (χ2v) is 7.14. The Morgan fingerprint density at radius 2 is 1.72 bits per heavy atom. The number of hydrogen-bond acceptors (Lipinski definition) is 3. The predicted octanol–water partition coefficient (Wildman–Crippen LogP) is 4.64. The van der Waals surface area contributed by atoms with Crippen molar-refractivity contribution in [1.82, 2.24) is 0 Å². The monoisotopic (exact) mass is 354 g/mol. The number of carbonyl (C=O) groups is 2. The van der Waals surface area contributed by atoms with Crippen molar-refractivity contribution in [2.24, 2.45) is 5.92 Å². The Balaban J connectivity index is 1.51. The first-order chi connectivity index (χ1) is 12.1. The molecule has 1 aliphatic carbocycles. The summed E-state index contributed by atoms with van der Waals surface area (Å²) in [4.78, 5) is 24.7. The zero-order valence-electron chi connectivity index (χ0n) is 13.2. The molecule has 0 unspecified atom stereocenters. The minimum absolute atomic E-state index is 0.0171. The van der Waals surface area contributed by atoms with Crippen molar-refractivity contribution in [3.63, 3.8) is 0 Å². The highest BCUT2D eigenvalue weighted by Gasteiger charge is 2.29. The molecule has 4 nitrogen and oxygen atoms in total. The third-order valence-corrected chi connectivity index (χ3v) is 5.17. The average Bonchev–Trinajstić information content (AvgIpc) is 3.34. The second-order valence-electron chi connectivity index (χ2n) is 6.06. The molecule has 2 N–H and O–H groups in total. The molecule has 0 atom stereocenters. The number of carbonyl (C=O) groups excluding carboxylic acids is 2. The van der Waals surface area contributed by atoms with Gasteiger partial charge >= 0.3 is 0 Å². The van der Waals surface area contributed by atoms with E-state index < -0.39 is 0 Å². The van der Waals surface area contributed by atoms with Gasteiger partial charge in [0, 0.05) is 27.4 Å². The standard InChI is InChI=1S/C19H15FN2O2S/c20-15-5-2-6-16-14(15)10-17(25-16)19(24)22-13-4-1-3-12(9-13)21-18(23)11-7-8-11/h1-6,9-11H,7-8H2,(H,21,23)(H,22,24). The Morgan fingerprint density at radius 1 is 1.00 bits per heavy atom. The molecular formula is C19H15FN2O2S. The lowest BCUT2D eigenvalue weighted by Gasteiger charge is -2.08. The molecule has 2 amide bonds. The third-order valence-electron chi connectivity index (χ3n) is 4.07. The van der Waals surface area contributed by atoms with Crippen LogP contribution in [0.2, 0.25) is 0 Å². The summed E-state index contributed by atoms with van der Waals surface area (Å²) in [6, 6.07) is 13.4. The Labute approximate surface area is 147 Å². The van der Waals surface area contributed by atoms with Gasteiger partial charge < -0.3 is 10.6 Å². The summed E-state index contributed by atoms with van der Waals surface area (Å²) in [6.07, 6.45) is 1.87. The Bertz CT molecular complexity index is 978. The van der Waals surface area contributed by atoms with E-state index in [2.05, 4.69) is 10.6 Å². The molecule has 4 rings (SSSR count). The summed E-state index contributed by atoms with van der Waals surface area (Å²) >= 11 is 1.24. The first-order valence-electron chi connectivity index (χ1n) is 8.00. The van der Waals surface area contributed by atoms with Crippen LogP contribution < -0.4 is 10.6 Å². The van der Waals surface area contributed by atoms with E-state index in [4.69, 9.17) is 0 Å². The highest BCUT2D eigenvalue weighted by atomic mass is 32.1. The highest BCUT2D eigenvalue weighted by molar-refractivity contribution is 7.20. The SMILES string of the molecule is O=C(Nc1cccc(NC(=O)C2CC2)c1)c1cc2c(F)cccc2s1. The van der Waals surface area contributed by atoms with Crippen LogP contribution in [0, 0.1) is 11.7 Å². The number of rotatable bonds is 4. The van der Waals surface area contributed by atoms with Gasteiger partial charge in [-0.25, -0.2) is 4.39 Å². The molecule has 1 fully saturated rings. The van der Waals surface area contributed by atoms with Crippen molar-refractivity contribution < 1.29 is 14.0 Å². The number of hydrogen-bond donors (Lipinski definition) is 2. The molecule has 6 heteroatoms. The van der Waals surface area contributed by atoms with E-state index in [0.29, 0.717) is 21.6 Å². The summed E-state index contributed by atoms with van der Waals surface area (Å²) in [6.45, 7) is 0. The van der Waals surface area contributed by atoms with E-state index in [0.717, 1.165) is 17.5 Å². The van der Waals surface area contributed by atoms with Crippen LogP contribution >= 0.6 is 11.3 Å². The van der Waals surface area contributed by atoms with Gasteiger partial charge in [-0.2, -0.15) is 0 Å². The molecule has 0 spiro atoms. The smallest absolute Gasteiger partial charge is 0.265 e. The van der Waals surface area contributed by atoms with Gasteiger partial charge in [-0.05, 0) is 49.2 Å². The quantitative estimate of drug-likeness (QED) is 0.717. The van der Waals surface area contributed by atoms with E-state index in [1.165, 1.54) is 17.4 Å². The highest BCUT2D eigenvalue weighted by Crippen LogP contribution is 2.31. The Morgan fingerprint density at radius 3 is 2.44 bits per heavy atom. The number of anilines is 2. The molecule has 1 heterocycles. The summed E-state index contributed by atoms with van der Waals surface area (Å²) in [5, 5.41) is 6.09. The summed E-state index contributed by atoms with van der Waals surface area (Å²) in [5.74, 6) is -0.501. The minimum Gasteiger partial charge on any atom is -0.326 e. The lowest BCUT2D eigenvalue weighted by atomic mass is 10.2. The first kappa shape index (κ1) is 15.8. The summed E-state index contributed by atoms with van der Waals surface area (Å²) in [7, 11) is 0. The van der Waals surface area contributed by atoms with Crippen LogP contribution in [0.15, 0.2) is 48.5 Å². The molecular weight excluding hydrogens is 339 g/mol. The van der Waals surface area contributed by atoms with Gasteiger partial charge in [0.05, 0.1) is 4.88 Å². The van der Waals surface area contributed by atoms with Gasteiger partial charge in [0.15, 0.2) is 0 Å². The van der Waals surface area contributed by atoms with Crippen LogP contribution in [-0.4, -0.2) is 11.8 Å². The van der Waals surface area contributed by atoms with E-state index in [1.807, 2.05) is 0 Å². The van der Waals surface area contributed by atoms with Crippen molar-refractivity contribution in [1.29, 1.82) is 0 Å². The van der Waals surface area contributed by atoms with Crippen LogP contribution in [0.25, 0.3) is 10.1 Å². The first-order valence-corrected chi connectivity index (χ1v) is 8.82. The van der Waals surface area contributed by atoms with E-state index in [1.54, 1.807) is 42.5 Å². The van der Waals surface area contributed by atoms with Crippen molar-refractivity contribution in [3.8, 4) is 0 Å². The molecule has 2 aromatic carbocycles. The molecule has 0 aliphatic heterocycles. The zero-order chi connectivity index (χ0) is 17.4. The summed E-state index contributed by atoms with van der Waals surface area (Å²) in [5.41, 5.74) is 1.23. The van der Waals surface area contributed by atoms with Gasteiger partial charge in [0.25, 0.3) is 5.91 Å². The Hall–Kier alpha value is -2.73. The fourth-order valence-electron chi connectivity index (χ4n) is 2.59.